The van der Waals surface area contributed by atoms with Gasteiger partial charge in [-0.15, -0.1) is 0 Å². The van der Waals surface area contributed by atoms with Crippen LogP contribution >= 0.6 is 0 Å². The largest absolute Gasteiger partial charge is 0.397 e. The van der Waals surface area contributed by atoms with Gasteiger partial charge in [-0.2, -0.15) is 0 Å². The highest BCUT2D eigenvalue weighted by atomic mass is 19.1. The van der Waals surface area contributed by atoms with Crippen molar-refractivity contribution in [3.05, 3.63) is 118 Å². The van der Waals surface area contributed by atoms with Gasteiger partial charge >= 0.3 is 5.69 Å². The van der Waals surface area contributed by atoms with Crippen molar-refractivity contribution >= 4 is 28.3 Å². The smallest absolute Gasteiger partial charge is 0.326 e. The Labute approximate surface area is 194 Å². The summed E-state index contributed by atoms with van der Waals surface area (Å²) in [5.41, 5.74) is 11.0. The first-order valence-electron chi connectivity index (χ1n) is 10.7. The molecule has 4 aromatic carbocycles. The molecule has 168 valence electrons. The van der Waals surface area contributed by atoms with Crippen LogP contribution in [0.15, 0.2) is 95.8 Å². The van der Waals surface area contributed by atoms with Gasteiger partial charge in [0.25, 0.3) is 5.91 Å². The first-order chi connectivity index (χ1) is 16.5. The van der Waals surface area contributed by atoms with Crippen LogP contribution in [0.2, 0.25) is 0 Å². The lowest BCUT2D eigenvalue weighted by Gasteiger charge is -2.11. The van der Waals surface area contributed by atoms with Gasteiger partial charge in [-0.05, 0) is 59.2 Å². The second-order valence-corrected chi connectivity index (χ2v) is 8.00. The number of H-pyrrole nitrogens is 1. The van der Waals surface area contributed by atoms with Crippen LogP contribution in [0.4, 0.5) is 15.8 Å². The zero-order chi connectivity index (χ0) is 23.7. The normalized spacial score (nSPS) is 11.0. The molecule has 0 unspecified atom stereocenters. The second kappa shape index (κ2) is 8.71. The van der Waals surface area contributed by atoms with Crippen molar-refractivity contribution in [3.8, 4) is 11.1 Å². The summed E-state index contributed by atoms with van der Waals surface area (Å²) in [4.78, 5) is 27.9. The Balaban J connectivity index is 1.35. The number of halogens is 1. The maximum atomic E-state index is 13.7. The van der Waals surface area contributed by atoms with Crippen LogP contribution in [-0.4, -0.2) is 15.5 Å². The Bertz CT molecular complexity index is 1550. The number of hydrogen-bond acceptors (Lipinski definition) is 3. The monoisotopic (exact) mass is 452 g/mol. The molecule has 0 spiro atoms. The molecule has 1 heterocycles. The zero-order valence-electron chi connectivity index (χ0n) is 18.1. The molecule has 1 amide bonds. The number of nitrogen functional groups attached to an aromatic ring is 1. The maximum absolute atomic E-state index is 13.7. The number of benzene rings is 4. The fraction of sp³-hybridized carbons (Fsp3) is 0.0370. The molecule has 6 nitrogen and oxygen atoms in total. The average molecular weight is 452 g/mol. The van der Waals surface area contributed by atoms with E-state index in [0.717, 1.165) is 16.7 Å². The average Bonchev–Trinajstić information content (AvgIpc) is 3.15. The molecule has 0 aliphatic rings. The molecule has 1 aromatic heterocycles. The number of amides is 1. The van der Waals surface area contributed by atoms with E-state index in [4.69, 9.17) is 5.73 Å². The van der Waals surface area contributed by atoms with Crippen molar-refractivity contribution in [1.82, 2.24) is 9.55 Å². The predicted molar refractivity (Wildman–Crippen MR) is 132 cm³/mol. The molecular weight excluding hydrogens is 431 g/mol. The highest BCUT2D eigenvalue weighted by molar-refractivity contribution is 6.06. The van der Waals surface area contributed by atoms with Gasteiger partial charge in [0.2, 0.25) is 0 Å². The van der Waals surface area contributed by atoms with Gasteiger partial charge < -0.3 is 16.0 Å². The van der Waals surface area contributed by atoms with E-state index < -0.39 is 5.82 Å². The van der Waals surface area contributed by atoms with Crippen LogP contribution in [0.3, 0.4) is 0 Å². The van der Waals surface area contributed by atoms with Crippen molar-refractivity contribution < 1.29 is 9.18 Å². The molecule has 0 saturated carbocycles. The van der Waals surface area contributed by atoms with Crippen molar-refractivity contribution in [2.45, 2.75) is 6.54 Å². The Morgan fingerprint density at radius 3 is 2.44 bits per heavy atom. The number of hydrogen-bond donors (Lipinski definition) is 3. The second-order valence-electron chi connectivity index (χ2n) is 8.00. The van der Waals surface area contributed by atoms with E-state index in [2.05, 4.69) is 10.3 Å². The van der Waals surface area contributed by atoms with Crippen molar-refractivity contribution in [3.63, 3.8) is 0 Å². The number of imidazole rings is 1. The highest BCUT2D eigenvalue weighted by Gasteiger charge is 2.12. The Morgan fingerprint density at radius 2 is 1.68 bits per heavy atom. The summed E-state index contributed by atoms with van der Waals surface area (Å²) < 4.78 is 15.1. The van der Waals surface area contributed by atoms with Crippen LogP contribution in [0, 0.1) is 5.82 Å². The molecule has 0 fully saturated rings. The van der Waals surface area contributed by atoms with Gasteiger partial charge in [-0.1, -0.05) is 48.5 Å². The molecule has 0 saturated heterocycles. The summed E-state index contributed by atoms with van der Waals surface area (Å²) in [7, 11) is 0. The number of nitrogens with one attached hydrogen (secondary N) is 2. The van der Waals surface area contributed by atoms with E-state index in [1.165, 1.54) is 22.8 Å². The molecule has 7 heteroatoms. The van der Waals surface area contributed by atoms with Gasteiger partial charge in [0.05, 0.1) is 29.0 Å². The number of anilines is 2. The summed E-state index contributed by atoms with van der Waals surface area (Å²) in [6.07, 6.45) is 0. The molecule has 34 heavy (non-hydrogen) atoms. The van der Waals surface area contributed by atoms with Crippen LogP contribution in [0.1, 0.15) is 15.9 Å². The zero-order valence-corrected chi connectivity index (χ0v) is 18.1. The van der Waals surface area contributed by atoms with E-state index in [0.29, 0.717) is 28.0 Å². The fourth-order valence-electron chi connectivity index (χ4n) is 3.90. The van der Waals surface area contributed by atoms with Crippen LogP contribution in [0.5, 0.6) is 0 Å². The number of aromatic amines is 1. The SMILES string of the molecule is Nc1ccc(-c2ccccc2)cc1NC(=O)c1ccc(Cn2c(=O)[nH]c3ccc(F)cc32)cc1. The van der Waals surface area contributed by atoms with Gasteiger partial charge in [-0.25, -0.2) is 9.18 Å². The van der Waals surface area contributed by atoms with Gasteiger partial charge in [-0.3, -0.25) is 9.36 Å². The molecule has 0 radical (unpaired) electrons. The lowest BCUT2D eigenvalue weighted by Crippen LogP contribution is -2.17. The quantitative estimate of drug-likeness (QED) is 0.327. The summed E-state index contributed by atoms with van der Waals surface area (Å²) >= 11 is 0. The van der Waals surface area contributed by atoms with Crippen LogP contribution in [0.25, 0.3) is 22.2 Å². The predicted octanol–water partition coefficient (Wildman–Crippen LogP) is 5.02. The van der Waals surface area contributed by atoms with E-state index in [9.17, 15) is 14.0 Å². The third-order valence-corrected chi connectivity index (χ3v) is 5.70. The molecule has 0 aliphatic heterocycles. The van der Waals surface area contributed by atoms with Gasteiger partial charge in [0.1, 0.15) is 5.82 Å². The molecule has 0 atom stereocenters. The molecule has 0 bridgehead atoms. The third-order valence-electron chi connectivity index (χ3n) is 5.70. The van der Waals surface area contributed by atoms with Crippen LogP contribution in [-0.2, 0) is 6.54 Å². The number of aromatic nitrogens is 2. The van der Waals surface area contributed by atoms with Gasteiger partial charge in [0.15, 0.2) is 0 Å². The van der Waals surface area contributed by atoms with Crippen molar-refractivity contribution in [1.29, 1.82) is 0 Å². The highest BCUT2D eigenvalue weighted by Crippen LogP contribution is 2.27. The number of carbonyl (C=O) groups is 1. The minimum Gasteiger partial charge on any atom is -0.397 e. The van der Waals surface area contributed by atoms with E-state index in [1.54, 1.807) is 30.3 Å². The van der Waals surface area contributed by atoms with Gasteiger partial charge in [0, 0.05) is 5.56 Å². The molecular formula is C27H21FN4O2. The summed E-state index contributed by atoms with van der Waals surface area (Å²) in [6, 6.07) is 26.4. The number of rotatable bonds is 5. The first-order valence-corrected chi connectivity index (χ1v) is 10.7. The summed E-state index contributed by atoms with van der Waals surface area (Å²) in [5, 5.41) is 2.88. The standard InChI is InChI=1S/C27H21FN4O2/c28-21-11-13-23-25(15-21)32(27(34)31-23)16-17-6-8-19(9-7-17)26(33)30-24-14-20(10-12-22(24)29)18-4-2-1-3-5-18/h1-15H,16,29H2,(H,30,33)(H,31,34). The molecule has 5 aromatic rings. The lowest BCUT2D eigenvalue weighted by atomic mass is 10.0. The Kier molecular flexibility index (Phi) is 5.43. The number of nitrogens with zero attached hydrogens (tertiary/aromatic N) is 1. The van der Waals surface area contributed by atoms with E-state index >= 15 is 0 Å². The first kappa shape index (κ1) is 21.2. The third kappa shape index (κ3) is 4.19. The van der Waals surface area contributed by atoms with Crippen LogP contribution < -0.4 is 16.7 Å². The van der Waals surface area contributed by atoms with Crippen molar-refractivity contribution in [2.24, 2.45) is 0 Å². The number of carbonyl (C=O) groups excluding carboxylic acids is 1. The Hall–Kier alpha value is -4.65. The fourth-order valence-corrected chi connectivity index (χ4v) is 3.90. The number of nitrogens with two attached hydrogens (primary N) is 1. The summed E-state index contributed by atoms with van der Waals surface area (Å²) in [6.45, 7) is 0.246. The van der Waals surface area contributed by atoms with Crippen molar-refractivity contribution in [2.75, 3.05) is 11.1 Å². The molecule has 5 rings (SSSR count). The lowest BCUT2D eigenvalue weighted by molar-refractivity contribution is 0.102. The summed E-state index contributed by atoms with van der Waals surface area (Å²) in [5.74, 6) is -0.710. The van der Waals surface area contributed by atoms with E-state index in [-0.39, 0.29) is 18.1 Å². The Morgan fingerprint density at radius 1 is 0.912 bits per heavy atom. The molecule has 4 N–H and O–H groups in total. The number of fused-ring (bicyclic) bond motifs is 1. The minimum atomic E-state index is -0.414. The minimum absolute atomic E-state index is 0.246. The topological polar surface area (TPSA) is 92.9 Å². The molecule has 0 aliphatic carbocycles. The maximum Gasteiger partial charge on any atom is 0.326 e. The van der Waals surface area contributed by atoms with E-state index in [1.807, 2.05) is 42.5 Å².